The Balaban J connectivity index is 1.79. The van der Waals surface area contributed by atoms with Crippen LogP contribution >= 0.6 is 0 Å². The van der Waals surface area contributed by atoms with E-state index in [1.807, 2.05) is 64.1 Å². The predicted octanol–water partition coefficient (Wildman–Crippen LogP) is 4.29. The highest BCUT2D eigenvalue weighted by Crippen LogP contribution is 2.24. The number of hydrogen-bond acceptors (Lipinski definition) is 3. The SMILES string of the molecule is Cc1ccc(OCCNC(=O)Nc2ccccc2OC(C)C)c(C)c1. The van der Waals surface area contributed by atoms with Crippen molar-refractivity contribution in [3.63, 3.8) is 0 Å². The molecule has 0 fully saturated rings. The van der Waals surface area contributed by atoms with Gasteiger partial charge in [0, 0.05) is 0 Å². The number of benzene rings is 2. The molecule has 0 aliphatic heterocycles. The van der Waals surface area contributed by atoms with Crippen molar-refractivity contribution in [3.8, 4) is 11.5 Å². The maximum Gasteiger partial charge on any atom is 0.319 e. The fourth-order valence-corrected chi connectivity index (χ4v) is 2.38. The molecule has 0 bridgehead atoms. The predicted molar refractivity (Wildman–Crippen MR) is 101 cm³/mol. The molecule has 0 heterocycles. The van der Waals surface area contributed by atoms with Crippen molar-refractivity contribution in [2.75, 3.05) is 18.5 Å². The van der Waals surface area contributed by atoms with Crippen LogP contribution in [0.2, 0.25) is 0 Å². The largest absolute Gasteiger partial charge is 0.491 e. The Morgan fingerprint density at radius 3 is 2.56 bits per heavy atom. The molecule has 0 saturated carbocycles. The smallest absolute Gasteiger partial charge is 0.319 e. The lowest BCUT2D eigenvalue weighted by Gasteiger charge is -2.15. The molecule has 0 aromatic heterocycles. The number of para-hydroxylation sites is 2. The van der Waals surface area contributed by atoms with Crippen LogP contribution in [0.1, 0.15) is 25.0 Å². The van der Waals surface area contributed by atoms with Crippen LogP contribution in [0.4, 0.5) is 10.5 Å². The van der Waals surface area contributed by atoms with Crippen molar-refractivity contribution in [1.29, 1.82) is 0 Å². The third-order valence-electron chi connectivity index (χ3n) is 3.47. The van der Waals surface area contributed by atoms with Crippen LogP contribution in [-0.2, 0) is 0 Å². The van der Waals surface area contributed by atoms with Gasteiger partial charge in [-0.25, -0.2) is 4.79 Å². The molecule has 0 saturated heterocycles. The van der Waals surface area contributed by atoms with Crippen LogP contribution in [0, 0.1) is 13.8 Å². The van der Waals surface area contributed by atoms with Crippen LogP contribution in [0.5, 0.6) is 11.5 Å². The molecule has 2 aromatic carbocycles. The maximum absolute atomic E-state index is 12.0. The third-order valence-corrected chi connectivity index (χ3v) is 3.47. The van der Waals surface area contributed by atoms with Gasteiger partial charge in [-0.05, 0) is 51.5 Å². The number of aryl methyl sites for hydroxylation is 2. The quantitative estimate of drug-likeness (QED) is 0.738. The van der Waals surface area contributed by atoms with Crippen molar-refractivity contribution in [3.05, 3.63) is 53.6 Å². The molecule has 5 heteroatoms. The molecule has 2 amide bonds. The first-order valence-electron chi connectivity index (χ1n) is 8.46. The molecule has 0 spiro atoms. The number of carbonyl (C=O) groups excluding carboxylic acids is 1. The summed E-state index contributed by atoms with van der Waals surface area (Å²) in [5.41, 5.74) is 2.93. The highest BCUT2D eigenvalue weighted by atomic mass is 16.5. The van der Waals surface area contributed by atoms with Crippen molar-refractivity contribution < 1.29 is 14.3 Å². The van der Waals surface area contributed by atoms with E-state index in [1.54, 1.807) is 0 Å². The van der Waals surface area contributed by atoms with E-state index >= 15 is 0 Å². The average molecular weight is 342 g/mol. The van der Waals surface area contributed by atoms with Crippen molar-refractivity contribution in [1.82, 2.24) is 5.32 Å². The molecule has 2 N–H and O–H groups in total. The minimum absolute atomic E-state index is 0.0390. The Labute approximate surface area is 149 Å². The van der Waals surface area contributed by atoms with Crippen LogP contribution in [0.15, 0.2) is 42.5 Å². The lowest BCUT2D eigenvalue weighted by atomic mass is 10.1. The minimum atomic E-state index is -0.288. The average Bonchev–Trinajstić information content (AvgIpc) is 2.54. The van der Waals surface area contributed by atoms with E-state index in [9.17, 15) is 4.79 Å². The first kappa shape index (κ1) is 18.6. The summed E-state index contributed by atoms with van der Waals surface area (Å²) in [4.78, 5) is 12.0. The molecule has 0 unspecified atom stereocenters. The zero-order valence-corrected chi connectivity index (χ0v) is 15.3. The lowest BCUT2D eigenvalue weighted by molar-refractivity contribution is 0.240. The minimum Gasteiger partial charge on any atom is -0.491 e. The number of amides is 2. The number of nitrogens with one attached hydrogen (secondary N) is 2. The molecule has 134 valence electrons. The standard InChI is InChI=1S/C20H26N2O3/c1-14(2)25-19-8-6-5-7-17(19)22-20(23)21-11-12-24-18-10-9-15(3)13-16(18)4/h5-10,13-14H,11-12H2,1-4H3,(H2,21,22,23). The van der Waals surface area contributed by atoms with Gasteiger partial charge in [0.2, 0.25) is 0 Å². The molecule has 0 atom stereocenters. The number of anilines is 1. The van der Waals surface area contributed by atoms with E-state index in [0.29, 0.717) is 24.6 Å². The van der Waals surface area contributed by atoms with E-state index in [4.69, 9.17) is 9.47 Å². The number of urea groups is 1. The summed E-state index contributed by atoms with van der Waals surface area (Å²) >= 11 is 0. The Kier molecular flexibility index (Phi) is 6.69. The van der Waals surface area contributed by atoms with E-state index in [-0.39, 0.29) is 12.1 Å². The summed E-state index contributed by atoms with van der Waals surface area (Å²) in [6.45, 7) is 8.76. The van der Waals surface area contributed by atoms with E-state index in [0.717, 1.165) is 11.3 Å². The second-order valence-electron chi connectivity index (χ2n) is 6.16. The summed E-state index contributed by atoms with van der Waals surface area (Å²) in [7, 11) is 0. The normalized spacial score (nSPS) is 10.4. The summed E-state index contributed by atoms with van der Waals surface area (Å²) < 4.78 is 11.4. The van der Waals surface area contributed by atoms with Crippen LogP contribution in [0.25, 0.3) is 0 Å². The maximum atomic E-state index is 12.0. The van der Waals surface area contributed by atoms with E-state index < -0.39 is 0 Å². The molecule has 2 rings (SSSR count). The number of carbonyl (C=O) groups is 1. The molecule has 2 aromatic rings. The number of rotatable bonds is 7. The third kappa shape index (κ3) is 6.03. The van der Waals surface area contributed by atoms with Gasteiger partial charge in [-0.1, -0.05) is 29.8 Å². The molecule has 5 nitrogen and oxygen atoms in total. The van der Waals surface area contributed by atoms with Gasteiger partial charge in [-0.15, -0.1) is 0 Å². The lowest BCUT2D eigenvalue weighted by Crippen LogP contribution is -2.32. The van der Waals surface area contributed by atoms with Crippen molar-refractivity contribution in [2.45, 2.75) is 33.8 Å². The van der Waals surface area contributed by atoms with Gasteiger partial charge in [0.05, 0.1) is 18.3 Å². The summed E-state index contributed by atoms with van der Waals surface area (Å²) in [6.07, 6.45) is 0.0390. The zero-order chi connectivity index (χ0) is 18.2. The molecule has 0 aliphatic carbocycles. The molecule has 0 radical (unpaired) electrons. The van der Waals surface area contributed by atoms with Gasteiger partial charge in [0.15, 0.2) is 0 Å². The number of ether oxygens (including phenoxy) is 2. The highest BCUT2D eigenvalue weighted by Gasteiger charge is 2.08. The van der Waals surface area contributed by atoms with Crippen LogP contribution in [-0.4, -0.2) is 25.3 Å². The summed E-state index contributed by atoms with van der Waals surface area (Å²) in [5.74, 6) is 1.49. The van der Waals surface area contributed by atoms with Gasteiger partial charge in [-0.3, -0.25) is 0 Å². The number of hydrogen-bond donors (Lipinski definition) is 2. The fraction of sp³-hybridized carbons (Fsp3) is 0.350. The Morgan fingerprint density at radius 2 is 1.84 bits per heavy atom. The van der Waals surface area contributed by atoms with Gasteiger partial charge in [0.1, 0.15) is 18.1 Å². The Bertz CT molecular complexity index is 714. The Hall–Kier alpha value is -2.69. The summed E-state index contributed by atoms with van der Waals surface area (Å²) in [6, 6.07) is 13.1. The van der Waals surface area contributed by atoms with Crippen molar-refractivity contribution in [2.24, 2.45) is 0 Å². The first-order valence-corrected chi connectivity index (χ1v) is 8.46. The monoisotopic (exact) mass is 342 g/mol. The first-order chi connectivity index (χ1) is 12.0. The van der Waals surface area contributed by atoms with Crippen LogP contribution < -0.4 is 20.1 Å². The highest BCUT2D eigenvalue weighted by molar-refractivity contribution is 5.90. The van der Waals surface area contributed by atoms with Gasteiger partial charge in [0.25, 0.3) is 0 Å². The molecular formula is C20H26N2O3. The molecule has 25 heavy (non-hydrogen) atoms. The Morgan fingerprint density at radius 1 is 1.08 bits per heavy atom. The fourth-order valence-electron chi connectivity index (χ4n) is 2.38. The van der Waals surface area contributed by atoms with Crippen LogP contribution in [0.3, 0.4) is 0 Å². The molecule has 0 aliphatic rings. The van der Waals surface area contributed by atoms with Gasteiger partial charge >= 0.3 is 6.03 Å². The van der Waals surface area contributed by atoms with Gasteiger partial charge in [-0.2, -0.15) is 0 Å². The zero-order valence-electron chi connectivity index (χ0n) is 15.3. The summed E-state index contributed by atoms with van der Waals surface area (Å²) in [5, 5.41) is 5.58. The van der Waals surface area contributed by atoms with Gasteiger partial charge < -0.3 is 20.1 Å². The van der Waals surface area contributed by atoms with Crippen molar-refractivity contribution >= 4 is 11.7 Å². The van der Waals surface area contributed by atoms with E-state index in [1.165, 1.54) is 5.56 Å². The second-order valence-corrected chi connectivity index (χ2v) is 6.16. The molecular weight excluding hydrogens is 316 g/mol. The van der Waals surface area contributed by atoms with E-state index in [2.05, 4.69) is 16.7 Å². The second kappa shape index (κ2) is 8.97. The topological polar surface area (TPSA) is 59.6 Å².